The predicted octanol–water partition coefficient (Wildman–Crippen LogP) is 2.07. The van der Waals surface area contributed by atoms with Gasteiger partial charge in [-0.2, -0.15) is 0 Å². The minimum absolute atomic E-state index is 0.124. The molecule has 3 heteroatoms. The Kier molecular flexibility index (Phi) is 2.04. The lowest BCUT2D eigenvalue weighted by molar-refractivity contribution is 0.606. The highest BCUT2D eigenvalue weighted by atomic mass is 15.0. The van der Waals surface area contributed by atoms with Crippen LogP contribution in [0.3, 0.4) is 0 Å². The molecule has 0 spiro atoms. The van der Waals surface area contributed by atoms with E-state index in [4.69, 9.17) is 5.73 Å². The third kappa shape index (κ3) is 1.61. The summed E-state index contributed by atoms with van der Waals surface area (Å²) in [5.74, 6) is 0. The molecule has 0 aliphatic heterocycles. The van der Waals surface area contributed by atoms with Gasteiger partial charge in [0.05, 0.1) is 17.5 Å². The fourth-order valence-electron chi connectivity index (χ4n) is 2.26. The Morgan fingerprint density at radius 1 is 1.50 bits per heavy atom. The highest BCUT2D eigenvalue weighted by Crippen LogP contribution is 2.36. The van der Waals surface area contributed by atoms with Gasteiger partial charge in [0, 0.05) is 11.7 Å². The van der Waals surface area contributed by atoms with Crippen LogP contribution >= 0.6 is 0 Å². The van der Waals surface area contributed by atoms with E-state index in [1.165, 1.54) is 29.6 Å². The largest absolute Gasteiger partial charge is 0.325 e. The number of hydrogen-bond acceptors (Lipinski definition) is 2. The second-order valence-electron chi connectivity index (χ2n) is 5.00. The van der Waals surface area contributed by atoms with Crippen LogP contribution in [-0.4, -0.2) is 14.9 Å². The third-order valence-corrected chi connectivity index (χ3v) is 3.59. The summed E-state index contributed by atoms with van der Waals surface area (Å²) in [4.78, 5) is 4.49. The molecule has 3 nitrogen and oxygen atoms in total. The van der Waals surface area contributed by atoms with E-state index in [-0.39, 0.29) is 5.54 Å². The first-order valence-electron chi connectivity index (χ1n) is 5.88. The van der Waals surface area contributed by atoms with Gasteiger partial charge in [-0.05, 0) is 44.2 Å². The third-order valence-electron chi connectivity index (χ3n) is 3.59. The van der Waals surface area contributed by atoms with Gasteiger partial charge in [-0.25, -0.2) is 4.98 Å². The highest BCUT2D eigenvalue weighted by Gasteiger charge is 2.37. The lowest BCUT2D eigenvalue weighted by atomic mass is 10.1. The first-order chi connectivity index (χ1) is 7.68. The SMILES string of the molecule is Cc1cccn2cnc(CCC3(N)CC3)c12. The number of nitrogens with zero attached hydrogens (tertiary/aromatic N) is 2. The van der Waals surface area contributed by atoms with Gasteiger partial charge in [-0.15, -0.1) is 0 Å². The number of aromatic nitrogens is 2. The van der Waals surface area contributed by atoms with E-state index in [2.05, 4.69) is 28.4 Å². The normalized spacial score (nSPS) is 17.9. The minimum Gasteiger partial charge on any atom is -0.325 e. The van der Waals surface area contributed by atoms with Crippen LogP contribution in [0.1, 0.15) is 30.5 Å². The molecule has 1 fully saturated rings. The molecule has 0 amide bonds. The highest BCUT2D eigenvalue weighted by molar-refractivity contribution is 5.58. The maximum absolute atomic E-state index is 6.11. The summed E-state index contributed by atoms with van der Waals surface area (Å²) in [6.45, 7) is 2.13. The van der Waals surface area contributed by atoms with Gasteiger partial charge >= 0.3 is 0 Å². The Morgan fingerprint density at radius 2 is 2.31 bits per heavy atom. The second kappa shape index (κ2) is 3.32. The number of nitrogens with two attached hydrogens (primary N) is 1. The van der Waals surface area contributed by atoms with Gasteiger partial charge in [0.2, 0.25) is 0 Å². The van der Waals surface area contributed by atoms with E-state index in [0.29, 0.717) is 0 Å². The molecule has 3 rings (SSSR count). The van der Waals surface area contributed by atoms with Crippen molar-refractivity contribution in [2.24, 2.45) is 5.73 Å². The zero-order valence-electron chi connectivity index (χ0n) is 9.61. The van der Waals surface area contributed by atoms with Crippen molar-refractivity contribution < 1.29 is 0 Å². The van der Waals surface area contributed by atoms with Gasteiger partial charge < -0.3 is 10.1 Å². The fourth-order valence-corrected chi connectivity index (χ4v) is 2.26. The average molecular weight is 215 g/mol. The smallest absolute Gasteiger partial charge is 0.0995 e. The van der Waals surface area contributed by atoms with E-state index in [1.807, 2.05) is 12.5 Å². The number of rotatable bonds is 3. The van der Waals surface area contributed by atoms with Gasteiger partial charge in [0.1, 0.15) is 0 Å². The molecule has 0 aromatic carbocycles. The van der Waals surface area contributed by atoms with E-state index >= 15 is 0 Å². The summed E-state index contributed by atoms with van der Waals surface area (Å²) in [5.41, 5.74) is 9.97. The van der Waals surface area contributed by atoms with Crippen LogP contribution in [0.25, 0.3) is 5.52 Å². The molecule has 2 aromatic rings. The number of pyridine rings is 1. The quantitative estimate of drug-likeness (QED) is 0.851. The molecule has 84 valence electrons. The maximum Gasteiger partial charge on any atom is 0.0995 e. The van der Waals surface area contributed by atoms with E-state index in [9.17, 15) is 0 Å². The van der Waals surface area contributed by atoms with Crippen LogP contribution < -0.4 is 5.73 Å². The lowest BCUT2D eigenvalue weighted by Crippen LogP contribution is -2.22. The topological polar surface area (TPSA) is 43.3 Å². The Morgan fingerprint density at radius 3 is 3.06 bits per heavy atom. The number of imidazole rings is 1. The molecule has 1 aliphatic rings. The molecule has 2 heterocycles. The molecule has 0 saturated heterocycles. The first-order valence-corrected chi connectivity index (χ1v) is 5.88. The molecule has 1 saturated carbocycles. The van der Waals surface area contributed by atoms with Crippen molar-refractivity contribution in [2.45, 2.75) is 38.1 Å². The Hall–Kier alpha value is -1.35. The van der Waals surface area contributed by atoms with Crippen molar-refractivity contribution in [2.75, 3.05) is 0 Å². The molecule has 0 radical (unpaired) electrons. The standard InChI is InChI=1S/C13H17N3/c1-10-3-2-8-16-9-15-11(12(10)16)4-5-13(14)6-7-13/h2-3,8-9H,4-7,14H2,1H3. The zero-order chi connectivity index (χ0) is 11.2. The molecule has 16 heavy (non-hydrogen) atoms. The summed E-state index contributed by atoms with van der Waals surface area (Å²) in [7, 11) is 0. The second-order valence-corrected chi connectivity index (χ2v) is 5.00. The summed E-state index contributed by atoms with van der Waals surface area (Å²) >= 11 is 0. The monoisotopic (exact) mass is 215 g/mol. The van der Waals surface area contributed by atoms with Crippen LogP contribution in [0, 0.1) is 6.92 Å². The Bertz CT molecular complexity index is 523. The van der Waals surface area contributed by atoms with Crippen LogP contribution in [-0.2, 0) is 6.42 Å². The molecule has 1 aliphatic carbocycles. The summed E-state index contributed by atoms with van der Waals surface area (Å²) in [6.07, 6.45) is 8.36. The molecule has 0 atom stereocenters. The van der Waals surface area contributed by atoms with Crippen molar-refractivity contribution in [3.63, 3.8) is 0 Å². The number of fused-ring (bicyclic) bond motifs is 1. The van der Waals surface area contributed by atoms with E-state index in [1.54, 1.807) is 0 Å². The fraction of sp³-hybridized carbons (Fsp3) is 0.462. The van der Waals surface area contributed by atoms with Crippen LogP contribution in [0.2, 0.25) is 0 Å². The van der Waals surface area contributed by atoms with Crippen molar-refractivity contribution in [1.82, 2.24) is 9.38 Å². The molecular weight excluding hydrogens is 198 g/mol. The zero-order valence-corrected chi connectivity index (χ0v) is 9.61. The van der Waals surface area contributed by atoms with Crippen molar-refractivity contribution >= 4 is 5.52 Å². The first kappa shape index (κ1) is 9.85. The molecule has 0 bridgehead atoms. The maximum atomic E-state index is 6.11. The molecule has 2 N–H and O–H groups in total. The van der Waals surface area contributed by atoms with Crippen molar-refractivity contribution in [1.29, 1.82) is 0 Å². The average Bonchev–Trinajstić information content (AvgIpc) is 2.86. The molecule has 2 aromatic heterocycles. The summed E-state index contributed by atoms with van der Waals surface area (Å²) in [5, 5.41) is 0. The number of aryl methyl sites for hydroxylation is 2. The van der Waals surface area contributed by atoms with E-state index < -0.39 is 0 Å². The number of hydrogen-bond donors (Lipinski definition) is 1. The predicted molar refractivity (Wildman–Crippen MR) is 64.4 cm³/mol. The van der Waals surface area contributed by atoms with Gasteiger partial charge in [0.25, 0.3) is 0 Å². The lowest BCUT2D eigenvalue weighted by Gasteiger charge is -2.07. The minimum atomic E-state index is 0.124. The van der Waals surface area contributed by atoms with Gasteiger partial charge in [-0.3, -0.25) is 0 Å². The summed E-state index contributed by atoms with van der Waals surface area (Å²) in [6, 6.07) is 4.19. The van der Waals surface area contributed by atoms with E-state index in [0.717, 1.165) is 12.8 Å². The Labute approximate surface area is 95.3 Å². The Balaban J connectivity index is 1.91. The van der Waals surface area contributed by atoms with Crippen LogP contribution in [0.4, 0.5) is 0 Å². The van der Waals surface area contributed by atoms with Crippen LogP contribution in [0.5, 0.6) is 0 Å². The van der Waals surface area contributed by atoms with Gasteiger partial charge in [0.15, 0.2) is 0 Å². The van der Waals surface area contributed by atoms with Crippen LogP contribution in [0.15, 0.2) is 24.7 Å². The summed E-state index contributed by atoms with van der Waals surface area (Å²) < 4.78 is 2.10. The molecular formula is C13H17N3. The van der Waals surface area contributed by atoms with Crippen molar-refractivity contribution in [3.8, 4) is 0 Å². The molecule has 0 unspecified atom stereocenters. The van der Waals surface area contributed by atoms with Gasteiger partial charge in [-0.1, -0.05) is 6.07 Å². The van der Waals surface area contributed by atoms with Crippen molar-refractivity contribution in [3.05, 3.63) is 35.9 Å².